The Kier molecular flexibility index (Phi) is 6.82. The second kappa shape index (κ2) is 9.52. The summed E-state index contributed by atoms with van der Waals surface area (Å²) >= 11 is 0. The predicted octanol–water partition coefficient (Wildman–Crippen LogP) is 3.84. The fraction of sp³-hybridized carbons (Fsp3) is 0.391. The van der Waals surface area contributed by atoms with E-state index in [-0.39, 0.29) is 18.3 Å². The van der Waals surface area contributed by atoms with E-state index in [1.54, 1.807) is 30.3 Å². The summed E-state index contributed by atoms with van der Waals surface area (Å²) in [5.41, 5.74) is 2.48. The number of fused-ring (bicyclic) bond motifs is 1. The number of phenolic OH excluding ortho intramolecular Hbond substituents is 1. The lowest BCUT2D eigenvalue weighted by atomic mass is 9.92. The zero-order chi connectivity index (χ0) is 21.7. The maximum atomic E-state index is 12.5. The van der Waals surface area contributed by atoms with Crippen molar-refractivity contribution in [1.29, 1.82) is 0 Å². The van der Waals surface area contributed by atoms with Gasteiger partial charge in [-0.3, -0.25) is 4.90 Å². The van der Waals surface area contributed by atoms with Gasteiger partial charge in [-0.15, -0.1) is 0 Å². The standard InChI is InChI=1S/C23H27NO6/c1-15(2)13-30-23(27)24-10-9-17-12-19(7-8-20(17)21(24)22(26)28-3)29-14-16-5-4-6-18(25)11-16/h4-8,11-12,15,21,25H,9-10,13-14H2,1-3H3. The second-order valence-electron chi connectivity index (χ2n) is 7.66. The van der Waals surface area contributed by atoms with Gasteiger partial charge in [0.2, 0.25) is 0 Å². The van der Waals surface area contributed by atoms with Gasteiger partial charge in [-0.2, -0.15) is 0 Å². The number of carbonyl (C=O) groups is 2. The first-order valence-electron chi connectivity index (χ1n) is 9.93. The van der Waals surface area contributed by atoms with Crippen LogP contribution in [0.5, 0.6) is 11.5 Å². The number of benzene rings is 2. The summed E-state index contributed by atoms with van der Waals surface area (Å²) in [5, 5.41) is 9.57. The van der Waals surface area contributed by atoms with Gasteiger partial charge >= 0.3 is 12.1 Å². The molecular formula is C23H27NO6. The highest BCUT2D eigenvalue weighted by Crippen LogP contribution is 2.34. The molecule has 7 heteroatoms. The Morgan fingerprint density at radius 1 is 1.20 bits per heavy atom. The fourth-order valence-corrected chi connectivity index (χ4v) is 3.39. The van der Waals surface area contributed by atoms with E-state index in [1.807, 2.05) is 26.0 Å². The Bertz CT molecular complexity index is 910. The largest absolute Gasteiger partial charge is 0.508 e. The molecule has 0 aromatic heterocycles. The van der Waals surface area contributed by atoms with Crippen LogP contribution < -0.4 is 4.74 Å². The average molecular weight is 413 g/mol. The lowest BCUT2D eigenvalue weighted by Crippen LogP contribution is -2.44. The highest BCUT2D eigenvalue weighted by Gasteiger charge is 2.37. The first kappa shape index (κ1) is 21.5. The molecule has 0 fully saturated rings. The lowest BCUT2D eigenvalue weighted by Gasteiger charge is -2.35. The van der Waals surface area contributed by atoms with Crippen molar-refractivity contribution in [1.82, 2.24) is 4.90 Å². The molecule has 1 aliphatic rings. The lowest BCUT2D eigenvalue weighted by molar-refractivity contribution is -0.147. The van der Waals surface area contributed by atoms with Crippen molar-refractivity contribution in [2.45, 2.75) is 32.9 Å². The fourth-order valence-electron chi connectivity index (χ4n) is 3.39. The Morgan fingerprint density at radius 2 is 2.00 bits per heavy atom. The summed E-state index contributed by atoms with van der Waals surface area (Å²) in [4.78, 5) is 26.5. The van der Waals surface area contributed by atoms with Crippen LogP contribution in [0.3, 0.4) is 0 Å². The summed E-state index contributed by atoms with van der Waals surface area (Å²) < 4.78 is 16.1. The molecule has 0 bridgehead atoms. The minimum atomic E-state index is -0.849. The van der Waals surface area contributed by atoms with Crippen LogP contribution in [0, 0.1) is 5.92 Å². The van der Waals surface area contributed by atoms with Crippen molar-refractivity contribution in [3.8, 4) is 11.5 Å². The number of nitrogens with zero attached hydrogens (tertiary/aromatic N) is 1. The average Bonchev–Trinajstić information content (AvgIpc) is 2.74. The van der Waals surface area contributed by atoms with E-state index in [0.717, 1.165) is 11.1 Å². The molecule has 0 saturated carbocycles. The van der Waals surface area contributed by atoms with E-state index in [1.165, 1.54) is 12.0 Å². The van der Waals surface area contributed by atoms with Crippen LogP contribution >= 0.6 is 0 Å². The van der Waals surface area contributed by atoms with E-state index in [9.17, 15) is 14.7 Å². The van der Waals surface area contributed by atoms with E-state index in [4.69, 9.17) is 14.2 Å². The Balaban J connectivity index is 1.78. The van der Waals surface area contributed by atoms with E-state index in [0.29, 0.717) is 30.9 Å². The molecule has 0 saturated heterocycles. The number of hydrogen-bond donors (Lipinski definition) is 1. The van der Waals surface area contributed by atoms with Crippen molar-refractivity contribution < 1.29 is 28.9 Å². The van der Waals surface area contributed by atoms with E-state index < -0.39 is 18.1 Å². The minimum absolute atomic E-state index is 0.187. The number of ether oxygens (including phenoxy) is 3. The normalized spacial score (nSPS) is 15.5. The number of methoxy groups -OCH3 is 1. The summed E-state index contributed by atoms with van der Waals surface area (Å²) in [5.74, 6) is 0.531. The van der Waals surface area contributed by atoms with E-state index in [2.05, 4.69) is 0 Å². The van der Waals surface area contributed by atoms with Crippen molar-refractivity contribution in [2.24, 2.45) is 5.92 Å². The molecule has 2 aromatic carbocycles. The monoisotopic (exact) mass is 413 g/mol. The molecule has 0 aliphatic carbocycles. The Hall–Kier alpha value is -3.22. The van der Waals surface area contributed by atoms with Gasteiger partial charge in [-0.05, 0) is 53.3 Å². The van der Waals surface area contributed by atoms with Crippen LogP contribution in [0.4, 0.5) is 4.79 Å². The first-order chi connectivity index (χ1) is 14.4. The Morgan fingerprint density at radius 3 is 2.70 bits per heavy atom. The Labute approximate surface area is 176 Å². The SMILES string of the molecule is COC(=O)C1c2ccc(OCc3cccc(O)c3)cc2CCN1C(=O)OCC(C)C. The van der Waals surface area contributed by atoms with Crippen LogP contribution in [-0.4, -0.2) is 42.3 Å². The molecule has 1 unspecified atom stereocenters. The highest BCUT2D eigenvalue weighted by atomic mass is 16.6. The minimum Gasteiger partial charge on any atom is -0.508 e. The summed E-state index contributed by atoms with van der Waals surface area (Å²) in [6.45, 7) is 4.85. The van der Waals surface area contributed by atoms with Crippen LogP contribution in [-0.2, 0) is 27.3 Å². The van der Waals surface area contributed by atoms with Crippen LogP contribution in [0.2, 0.25) is 0 Å². The summed E-state index contributed by atoms with van der Waals surface area (Å²) in [6.07, 6.45) is 0.0529. The van der Waals surface area contributed by atoms with Crippen molar-refractivity contribution in [3.63, 3.8) is 0 Å². The van der Waals surface area contributed by atoms with Gasteiger partial charge in [0.1, 0.15) is 18.1 Å². The van der Waals surface area contributed by atoms with Crippen molar-refractivity contribution in [3.05, 3.63) is 59.2 Å². The van der Waals surface area contributed by atoms with Gasteiger partial charge in [-0.1, -0.05) is 32.0 Å². The maximum absolute atomic E-state index is 12.5. The first-order valence-corrected chi connectivity index (χ1v) is 9.93. The third-order valence-corrected chi connectivity index (χ3v) is 4.86. The molecule has 30 heavy (non-hydrogen) atoms. The third kappa shape index (κ3) is 5.03. The van der Waals surface area contributed by atoms with Crippen molar-refractivity contribution >= 4 is 12.1 Å². The molecule has 160 valence electrons. The molecule has 1 heterocycles. The quantitative estimate of drug-likeness (QED) is 0.725. The smallest absolute Gasteiger partial charge is 0.410 e. The molecule has 0 spiro atoms. The molecule has 7 nitrogen and oxygen atoms in total. The van der Waals surface area contributed by atoms with Crippen molar-refractivity contribution in [2.75, 3.05) is 20.3 Å². The third-order valence-electron chi connectivity index (χ3n) is 4.86. The molecule has 3 rings (SSSR count). The number of aromatic hydroxyl groups is 1. The van der Waals surface area contributed by atoms with Gasteiger partial charge in [0.05, 0.1) is 13.7 Å². The summed E-state index contributed by atoms with van der Waals surface area (Å²) in [7, 11) is 1.31. The predicted molar refractivity (Wildman–Crippen MR) is 110 cm³/mol. The molecule has 1 atom stereocenters. The van der Waals surface area contributed by atoms with Gasteiger partial charge in [0.15, 0.2) is 6.04 Å². The van der Waals surface area contributed by atoms with Gasteiger partial charge in [0, 0.05) is 6.54 Å². The molecule has 1 N–H and O–H groups in total. The van der Waals surface area contributed by atoms with Crippen LogP contribution in [0.25, 0.3) is 0 Å². The van der Waals surface area contributed by atoms with Gasteiger partial charge in [0.25, 0.3) is 0 Å². The molecule has 0 radical (unpaired) electrons. The van der Waals surface area contributed by atoms with Gasteiger partial charge < -0.3 is 19.3 Å². The number of esters is 1. The second-order valence-corrected chi connectivity index (χ2v) is 7.66. The maximum Gasteiger partial charge on any atom is 0.410 e. The highest BCUT2D eigenvalue weighted by molar-refractivity contribution is 5.84. The molecule has 2 aromatic rings. The number of rotatable bonds is 6. The molecule has 1 amide bonds. The van der Waals surface area contributed by atoms with Crippen LogP contribution in [0.1, 0.15) is 36.6 Å². The summed E-state index contributed by atoms with van der Waals surface area (Å²) in [6, 6.07) is 11.5. The number of phenols is 1. The number of hydrogen-bond acceptors (Lipinski definition) is 6. The number of amides is 1. The molecule has 1 aliphatic heterocycles. The molecular weight excluding hydrogens is 386 g/mol. The zero-order valence-electron chi connectivity index (χ0n) is 17.5. The van der Waals surface area contributed by atoms with Crippen LogP contribution in [0.15, 0.2) is 42.5 Å². The topological polar surface area (TPSA) is 85.3 Å². The number of carbonyl (C=O) groups excluding carboxylic acids is 2. The zero-order valence-corrected chi connectivity index (χ0v) is 17.5. The van der Waals surface area contributed by atoms with E-state index >= 15 is 0 Å². The van der Waals surface area contributed by atoms with Gasteiger partial charge in [-0.25, -0.2) is 9.59 Å².